The maximum Gasteiger partial charge on any atom is 0.0549 e. The number of hydrogen-bond donors (Lipinski definition) is 1. The van der Waals surface area contributed by atoms with Crippen LogP contribution in [-0.2, 0) is 4.74 Å². The number of rotatable bonds is 11. The van der Waals surface area contributed by atoms with Crippen molar-refractivity contribution < 1.29 is 4.74 Å². The molecule has 2 nitrogen and oxygen atoms in total. The summed E-state index contributed by atoms with van der Waals surface area (Å²) in [6, 6.07) is 0. The lowest BCUT2D eigenvalue weighted by molar-refractivity contribution is 0.00682. The molecule has 0 amide bonds. The lowest BCUT2D eigenvalue weighted by atomic mass is 9.82. The van der Waals surface area contributed by atoms with E-state index in [1.54, 1.807) is 0 Å². The standard InChI is InChI=1S/C18H35N.C7H14O/c1-8-12-18(6,7)13-9-10-16(4)17(5)19-14-11-15(2)3;1-6-3-4-8-7(2)5-6/h16,19H,2,5,8-14H2,1,3-4,6-7H3;6-7H,3-5H2,1-2H3/t16-;6-,7-/m10/s1. The second kappa shape index (κ2) is 14.3. The summed E-state index contributed by atoms with van der Waals surface area (Å²) in [6.07, 6.45) is 10.5. The summed E-state index contributed by atoms with van der Waals surface area (Å²) in [5.41, 5.74) is 2.92. The predicted octanol–water partition coefficient (Wildman–Crippen LogP) is 7.51. The molecule has 27 heavy (non-hydrogen) atoms. The molecule has 3 atom stereocenters. The second-order valence-electron chi connectivity index (χ2n) is 9.68. The van der Waals surface area contributed by atoms with E-state index in [1.165, 1.54) is 56.2 Å². The minimum Gasteiger partial charge on any atom is -0.388 e. The van der Waals surface area contributed by atoms with E-state index in [0.29, 0.717) is 17.4 Å². The van der Waals surface area contributed by atoms with Gasteiger partial charge in [-0.15, -0.1) is 6.58 Å². The number of allylic oxidation sites excluding steroid dienone is 1. The smallest absolute Gasteiger partial charge is 0.0549 e. The maximum absolute atomic E-state index is 5.35. The van der Waals surface area contributed by atoms with Gasteiger partial charge in [0.25, 0.3) is 0 Å². The first-order chi connectivity index (χ1) is 12.6. The molecule has 1 saturated heterocycles. The summed E-state index contributed by atoms with van der Waals surface area (Å²) in [4.78, 5) is 0. The molecule has 1 rings (SSSR count). The fourth-order valence-corrected chi connectivity index (χ4v) is 3.70. The highest BCUT2D eigenvalue weighted by molar-refractivity contribution is 4.98. The van der Waals surface area contributed by atoms with E-state index < -0.39 is 0 Å². The first-order valence-electron chi connectivity index (χ1n) is 11.3. The Balaban J connectivity index is 0.000000694. The fraction of sp³-hybridized carbons (Fsp3) is 0.840. The van der Waals surface area contributed by atoms with Gasteiger partial charge in [-0.3, -0.25) is 0 Å². The molecular formula is C25H49NO. The van der Waals surface area contributed by atoms with Crippen molar-refractivity contribution in [3.8, 4) is 0 Å². The summed E-state index contributed by atoms with van der Waals surface area (Å²) >= 11 is 0. The molecule has 1 fully saturated rings. The van der Waals surface area contributed by atoms with Crippen molar-refractivity contribution >= 4 is 0 Å². The van der Waals surface area contributed by atoms with Gasteiger partial charge in [0.15, 0.2) is 0 Å². The van der Waals surface area contributed by atoms with Crippen molar-refractivity contribution in [3.63, 3.8) is 0 Å². The third kappa shape index (κ3) is 14.9. The van der Waals surface area contributed by atoms with Crippen molar-refractivity contribution in [1.29, 1.82) is 0 Å². The molecule has 0 aromatic rings. The van der Waals surface area contributed by atoms with Crippen molar-refractivity contribution in [3.05, 3.63) is 24.4 Å². The van der Waals surface area contributed by atoms with Crippen LogP contribution in [0.5, 0.6) is 0 Å². The van der Waals surface area contributed by atoms with Crippen LogP contribution >= 0.6 is 0 Å². The Bertz CT molecular complexity index is 405. The van der Waals surface area contributed by atoms with E-state index in [0.717, 1.165) is 25.5 Å². The Hall–Kier alpha value is -0.760. The molecule has 0 aromatic carbocycles. The highest BCUT2D eigenvalue weighted by atomic mass is 16.5. The lowest BCUT2D eigenvalue weighted by Gasteiger charge is -2.25. The summed E-state index contributed by atoms with van der Waals surface area (Å²) in [5.74, 6) is 1.46. The molecule has 1 aliphatic heterocycles. The Morgan fingerprint density at radius 1 is 1.22 bits per heavy atom. The van der Waals surface area contributed by atoms with Crippen molar-refractivity contribution in [2.45, 2.75) is 106 Å². The zero-order valence-electron chi connectivity index (χ0n) is 19.6. The van der Waals surface area contributed by atoms with Gasteiger partial charge in [0, 0.05) is 18.8 Å². The summed E-state index contributed by atoms with van der Waals surface area (Å²) < 4.78 is 5.35. The van der Waals surface area contributed by atoms with E-state index in [2.05, 4.69) is 66.9 Å². The topological polar surface area (TPSA) is 21.3 Å². The average molecular weight is 380 g/mol. The van der Waals surface area contributed by atoms with Crippen LogP contribution in [0.4, 0.5) is 0 Å². The molecular weight excluding hydrogens is 330 g/mol. The Morgan fingerprint density at radius 3 is 2.37 bits per heavy atom. The average Bonchev–Trinajstić information content (AvgIpc) is 2.54. The van der Waals surface area contributed by atoms with Crippen molar-refractivity contribution in [1.82, 2.24) is 5.32 Å². The Kier molecular flexibility index (Phi) is 13.9. The normalized spacial score (nSPS) is 21.0. The molecule has 1 N–H and O–H groups in total. The van der Waals surface area contributed by atoms with Crippen LogP contribution in [0.25, 0.3) is 0 Å². The van der Waals surface area contributed by atoms with Crippen molar-refractivity contribution in [2.75, 3.05) is 13.2 Å². The quantitative estimate of drug-likeness (QED) is 0.375. The summed E-state index contributed by atoms with van der Waals surface area (Å²) in [6.45, 7) is 25.9. The largest absolute Gasteiger partial charge is 0.388 e. The van der Waals surface area contributed by atoms with Gasteiger partial charge >= 0.3 is 0 Å². The molecule has 1 aliphatic rings. The van der Waals surface area contributed by atoms with E-state index in [9.17, 15) is 0 Å². The van der Waals surface area contributed by atoms with Crippen LogP contribution < -0.4 is 5.32 Å². The van der Waals surface area contributed by atoms with E-state index in [4.69, 9.17) is 4.74 Å². The van der Waals surface area contributed by atoms with Gasteiger partial charge in [0.2, 0.25) is 0 Å². The van der Waals surface area contributed by atoms with Crippen molar-refractivity contribution in [2.24, 2.45) is 17.3 Å². The number of nitrogens with one attached hydrogen (secondary N) is 1. The second-order valence-corrected chi connectivity index (χ2v) is 9.68. The molecule has 2 heteroatoms. The van der Waals surface area contributed by atoms with E-state index >= 15 is 0 Å². The predicted molar refractivity (Wildman–Crippen MR) is 122 cm³/mol. The highest BCUT2D eigenvalue weighted by Crippen LogP contribution is 2.30. The fourth-order valence-electron chi connectivity index (χ4n) is 3.70. The third-order valence-electron chi connectivity index (χ3n) is 5.66. The molecule has 0 radical (unpaired) electrons. The zero-order chi connectivity index (χ0) is 20.9. The van der Waals surface area contributed by atoms with Gasteiger partial charge in [-0.05, 0) is 69.6 Å². The minimum atomic E-state index is 0.503. The van der Waals surface area contributed by atoms with Crippen LogP contribution in [0, 0.1) is 17.3 Å². The highest BCUT2D eigenvalue weighted by Gasteiger charge is 2.17. The maximum atomic E-state index is 5.35. The van der Waals surface area contributed by atoms with Crippen LogP contribution in [0.2, 0.25) is 0 Å². The Labute approximate surface area is 171 Å². The molecule has 160 valence electrons. The van der Waals surface area contributed by atoms with Gasteiger partial charge in [-0.1, -0.05) is 59.6 Å². The van der Waals surface area contributed by atoms with Gasteiger partial charge in [0.1, 0.15) is 0 Å². The first-order valence-corrected chi connectivity index (χ1v) is 11.3. The van der Waals surface area contributed by atoms with Gasteiger partial charge in [0.05, 0.1) is 6.10 Å². The van der Waals surface area contributed by atoms with Gasteiger partial charge < -0.3 is 10.1 Å². The molecule has 0 saturated carbocycles. The molecule has 1 heterocycles. The third-order valence-corrected chi connectivity index (χ3v) is 5.66. The molecule has 0 spiro atoms. The summed E-state index contributed by atoms with van der Waals surface area (Å²) in [5, 5.41) is 3.43. The minimum absolute atomic E-state index is 0.503. The van der Waals surface area contributed by atoms with E-state index in [-0.39, 0.29) is 0 Å². The van der Waals surface area contributed by atoms with Gasteiger partial charge in [-0.25, -0.2) is 0 Å². The zero-order valence-corrected chi connectivity index (χ0v) is 19.6. The van der Waals surface area contributed by atoms with Crippen LogP contribution in [0.3, 0.4) is 0 Å². The SMILES string of the molecule is C=C(C)CCNC(=C)[C@H](C)CCCC(C)(C)CCC.C[C@H]1CCO[C@@H](C)C1. The van der Waals surface area contributed by atoms with Gasteiger partial charge in [-0.2, -0.15) is 0 Å². The first kappa shape index (κ1) is 26.2. The monoisotopic (exact) mass is 379 g/mol. The summed E-state index contributed by atoms with van der Waals surface area (Å²) in [7, 11) is 0. The lowest BCUT2D eigenvalue weighted by Crippen LogP contribution is -2.20. The van der Waals surface area contributed by atoms with Crippen LogP contribution in [-0.4, -0.2) is 19.3 Å². The number of hydrogen-bond acceptors (Lipinski definition) is 2. The van der Waals surface area contributed by atoms with E-state index in [1.807, 2.05) is 0 Å². The number of ether oxygens (including phenoxy) is 1. The van der Waals surface area contributed by atoms with Crippen LogP contribution in [0.1, 0.15) is 99.8 Å². The Morgan fingerprint density at radius 2 is 1.89 bits per heavy atom. The molecule has 0 aliphatic carbocycles. The molecule has 0 aromatic heterocycles. The van der Waals surface area contributed by atoms with Crippen LogP contribution in [0.15, 0.2) is 24.4 Å². The molecule has 0 bridgehead atoms. The molecule has 0 unspecified atom stereocenters.